The Morgan fingerprint density at radius 3 is 2.44 bits per heavy atom. The number of halogens is 1. The molecule has 0 unspecified atom stereocenters. The number of carbonyl (C=O) groups is 1. The van der Waals surface area contributed by atoms with E-state index in [1.54, 1.807) is 0 Å². The Labute approximate surface area is 160 Å². The summed E-state index contributed by atoms with van der Waals surface area (Å²) in [6.07, 6.45) is -0.209. The number of rotatable bonds is 6. The van der Waals surface area contributed by atoms with Gasteiger partial charge in [0.25, 0.3) is 0 Å². The number of benzene rings is 2. The molecule has 1 N–H and O–H groups in total. The quantitative estimate of drug-likeness (QED) is 0.629. The van der Waals surface area contributed by atoms with Gasteiger partial charge in [-0.2, -0.15) is 0 Å². The third kappa shape index (κ3) is 4.99. The third-order valence-corrected chi connectivity index (χ3v) is 6.36. The summed E-state index contributed by atoms with van der Waals surface area (Å²) in [6.45, 7) is 2.00. The number of nitrogens with zero attached hydrogens (tertiary/aromatic N) is 1. The van der Waals surface area contributed by atoms with Crippen molar-refractivity contribution in [2.75, 3.05) is 11.1 Å². The number of hydrogen-bond acceptors (Lipinski definition) is 5. The summed E-state index contributed by atoms with van der Waals surface area (Å²) in [5.41, 5.74) is 2.83. The monoisotopic (exact) mass is 404 g/mol. The minimum absolute atomic E-state index is 0.00685. The highest BCUT2D eigenvalue weighted by molar-refractivity contribution is 7.91. The van der Waals surface area contributed by atoms with Crippen LogP contribution in [0.25, 0.3) is 11.3 Å². The maximum atomic E-state index is 12.9. The molecule has 1 aromatic heterocycles. The van der Waals surface area contributed by atoms with Crippen LogP contribution in [-0.4, -0.2) is 25.1 Å². The molecule has 0 saturated heterocycles. The fraction of sp³-hybridized carbons (Fsp3) is 0.158. The molecule has 0 radical (unpaired) electrons. The van der Waals surface area contributed by atoms with Crippen molar-refractivity contribution in [1.29, 1.82) is 0 Å². The van der Waals surface area contributed by atoms with Gasteiger partial charge >= 0.3 is 0 Å². The number of aromatic nitrogens is 1. The van der Waals surface area contributed by atoms with Gasteiger partial charge in [0.2, 0.25) is 5.91 Å². The zero-order valence-electron chi connectivity index (χ0n) is 14.5. The van der Waals surface area contributed by atoms with Gasteiger partial charge in [0.15, 0.2) is 15.0 Å². The van der Waals surface area contributed by atoms with Crippen LogP contribution < -0.4 is 5.32 Å². The number of anilines is 1. The van der Waals surface area contributed by atoms with E-state index in [0.29, 0.717) is 5.13 Å². The molecule has 140 valence electrons. The number of nitrogens with one attached hydrogen (secondary N) is 1. The topological polar surface area (TPSA) is 76.1 Å². The molecule has 1 amide bonds. The number of thiazole rings is 1. The van der Waals surface area contributed by atoms with Crippen molar-refractivity contribution in [3.8, 4) is 11.3 Å². The predicted molar refractivity (Wildman–Crippen MR) is 104 cm³/mol. The van der Waals surface area contributed by atoms with Crippen molar-refractivity contribution >= 4 is 32.2 Å². The molecule has 0 bridgehead atoms. The van der Waals surface area contributed by atoms with Crippen LogP contribution in [0, 0.1) is 12.7 Å². The molecule has 0 aliphatic carbocycles. The zero-order valence-corrected chi connectivity index (χ0v) is 16.1. The molecule has 27 heavy (non-hydrogen) atoms. The molecule has 0 spiro atoms. The van der Waals surface area contributed by atoms with Crippen molar-refractivity contribution in [2.24, 2.45) is 0 Å². The first-order valence-corrected chi connectivity index (χ1v) is 10.7. The Morgan fingerprint density at radius 1 is 1.11 bits per heavy atom. The largest absolute Gasteiger partial charge is 0.302 e. The lowest BCUT2D eigenvalue weighted by molar-refractivity contribution is -0.115. The van der Waals surface area contributed by atoms with E-state index in [-0.39, 0.29) is 17.1 Å². The van der Waals surface area contributed by atoms with Gasteiger partial charge in [-0.15, -0.1) is 11.3 Å². The summed E-state index contributed by atoms with van der Waals surface area (Å²) in [5.74, 6) is -1.31. The molecular formula is C19H17FN2O3S2. The highest BCUT2D eigenvalue weighted by atomic mass is 32.2. The van der Waals surface area contributed by atoms with E-state index in [2.05, 4.69) is 10.3 Å². The molecule has 0 fully saturated rings. The van der Waals surface area contributed by atoms with E-state index < -0.39 is 21.6 Å². The Bertz CT molecular complexity index is 1040. The van der Waals surface area contributed by atoms with Gasteiger partial charge in [-0.3, -0.25) is 4.79 Å². The number of amides is 1. The first-order valence-electron chi connectivity index (χ1n) is 8.14. The second-order valence-electron chi connectivity index (χ2n) is 5.97. The smallest absolute Gasteiger partial charge is 0.227 e. The van der Waals surface area contributed by atoms with Crippen molar-refractivity contribution < 1.29 is 17.6 Å². The number of sulfone groups is 1. The lowest BCUT2D eigenvalue weighted by atomic mass is 10.1. The summed E-state index contributed by atoms with van der Waals surface area (Å²) >= 11 is 1.27. The van der Waals surface area contributed by atoms with Gasteiger partial charge in [-0.05, 0) is 31.2 Å². The summed E-state index contributed by atoms with van der Waals surface area (Å²) in [6, 6.07) is 12.4. The molecule has 3 rings (SSSR count). The average molecular weight is 404 g/mol. The molecular weight excluding hydrogens is 387 g/mol. The van der Waals surface area contributed by atoms with Crippen LogP contribution in [0.3, 0.4) is 0 Å². The van der Waals surface area contributed by atoms with Crippen LogP contribution in [-0.2, 0) is 14.6 Å². The Kier molecular flexibility index (Phi) is 5.67. The number of hydrogen-bond donors (Lipinski definition) is 1. The Hall–Kier alpha value is -2.58. The van der Waals surface area contributed by atoms with E-state index in [0.717, 1.165) is 29.0 Å². The van der Waals surface area contributed by atoms with Gasteiger partial charge in [0.1, 0.15) is 5.82 Å². The molecule has 0 atom stereocenters. The van der Waals surface area contributed by atoms with E-state index in [9.17, 15) is 17.6 Å². The van der Waals surface area contributed by atoms with Gasteiger partial charge in [0.05, 0.1) is 16.3 Å². The molecule has 3 aromatic rings. The Morgan fingerprint density at radius 2 is 1.78 bits per heavy atom. The predicted octanol–water partition coefficient (Wildman–Crippen LogP) is 4.06. The third-order valence-electron chi connectivity index (χ3n) is 3.87. The summed E-state index contributed by atoms with van der Waals surface area (Å²) < 4.78 is 37.3. The molecule has 0 aliphatic rings. The van der Waals surface area contributed by atoms with Crippen molar-refractivity contribution in [3.05, 3.63) is 65.3 Å². The van der Waals surface area contributed by atoms with Crippen molar-refractivity contribution in [2.45, 2.75) is 18.2 Å². The van der Waals surface area contributed by atoms with Crippen LogP contribution in [0.4, 0.5) is 9.52 Å². The lowest BCUT2D eigenvalue weighted by Gasteiger charge is -2.04. The van der Waals surface area contributed by atoms with Gasteiger partial charge in [-0.25, -0.2) is 17.8 Å². The first kappa shape index (κ1) is 19.2. The van der Waals surface area contributed by atoms with Crippen molar-refractivity contribution in [3.63, 3.8) is 0 Å². The molecule has 8 heteroatoms. The summed E-state index contributed by atoms with van der Waals surface area (Å²) in [5, 5.41) is 4.86. The maximum absolute atomic E-state index is 12.9. The average Bonchev–Trinajstić information content (AvgIpc) is 3.09. The van der Waals surface area contributed by atoms with E-state index in [1.807, 2.05) is 36.6 Å². The standard InChI is InChI=1S/C19H17FN2O3S2/c1-13-2-4-14(5-3-13)17-12-26-19(21-17)22-18(23)10-11-27(24,25)16-8-6-15(20)7-9-16/h2-9,12H,10-11H2,1H3,(H,21,22,23). The van der Waals surface area contributed by atoms with Gasteiger partial charge in [-0.1, -0.05) is 29.8 Å². The van der Waals surface area contributed by atoms with Gasteiger partial charge < -0.3 is 5.32 Å². The zero-order chi connectivity index (χ0) is 19.4. The first-order chi connectivity index (χ1) is 12.8. The summed E-state index contributed by atoms with van der Waals surface area (Å²) in [4.78, 5) is 16.4. The molecule has 2 aromatic carbocycles. The fourth-order valence-corrected chi connectivity index (χ4v) is 4.33. The van der Waals surface area contributed by atoms with E-state index in [1.165, 1.54) is 23.5 Å². The van der Waals surface area contributed by atoms with Crippen LogP contribution >= 0.6 is 11.3 Å². The highest BCUT2D eigenvalue weighted by Gasteiger charge is 2.17. The number of carbonyl (C=O) groups excluding carboxylic acids is 1. The van der Waals surface area contributed by atoms with Crippen LogP contribution in [0.1, 0.15) is 12.0 Å². The maximum Gasteiger partial charge on any atom is 0.227 e. The highest BCUT2D eigenvalue weighted by Crippen LogP contribution is 2.25. The minimum atomic E-state index is -3.65. The van der Waals surface area contributed by atoms with Gasteiger partial charge in [0, 0.05) is 17.4 Å². The second kappa shape index (κ2) is 7.98. The SMILES string of the molecule is Cc1ccc(-c2csc(NC(=O)CCS(=O)(=O)c3ccc(F)cc3)n2)cc1. The molecule has 0 saturated carbocycles. The summed E-state index contributed by atoms with van der Waals surface area (Å²) in [7, 11) is -3.65. The van der Waals surface area contributed by atoms with Crippen LogP contribution in [0.15, 0.2) is 58.8 Å². The minimum Gasteiger partial charge on any atom is -0.302 e. The number of aryl methyl sites for hydroxylation is 1. The fourth-order valence-electron chi connectivity index (χ4n) is 2.36. The van der Waals surface area contributed by atoms with E-state index >= 15 is 0 Å². The van der Waals surface area contributed by atoms with Crippen LogP contribution in [0.2, 0.25) is 0 Å². The second-order valence-corrected chi connectivity index (χ2v) is 8.94. The van der Waals surface area contributed by atoms with Crippen LogP contribution in [0.5, 0.6) is 0 Å². The molecule has 1 heterocycles. The molecule has 0 aliphatic heterocycles. The van der Waals surface area contributed by atoms with E-state index in [4.69, 9.17) is 0 Å². The Balaban J connectivity index is 1.59. The normalized spacial score (nSPS) is 11.3. The molecule has 5 nitrogen and oxygen atoms in total. The lowest BCUT2D eigenvalue weighted by Crippen LogP contribution is -2.17. The van der Waals surface area contributed by atoms with Crippen molar-refractivity contribution in [1.82, 2.24) is 4.98 Å².